The van der Waals surface area contributed by atoms with Crippen LogP contribution in [0.1, 0.15) is 28.3 Å². The van der Waals surface area contributed by atoms with Crippen molar-refractivity contribution in [3.63, 3.8) is 0 Å². The zero-order valence-electron chi connectivity index (χ0n) is 19.8. The Morgan fingerprint density at radius 1 is 0.909 bits per heavy atom. The monoisotopic (exact) mass is 446 g/mol. The fraction of sp³-hybridized carbons (Fsp3) is 0.357. The number of ether oxygens (including phenoxy) is 3. The molecule has 1 aliphatic rings. The van der Waals surface area contributed by atoms with Gasteiger partial charge in [0, 0.05) is 19.5 Å². The van der Waals surface area contributed by atoms with Gasteiger partial charge in [0.2, 0.25) is 0 Å². The second kappa shape index (κ2) is 11.2. The SMILES string of the molecule is COc1cc2c(cc1OCCN(C)C)C(c1cccc(OCCc3ccccc3)c1)NCC2. The minimum atomic E-state index is 0.0912. The largest absolute Gasteiger partial charge is 0.493 e. The van der Waals surface area contributed by atoms with Gasteiger partial charge in [-0.15, -0.1) is 0 Å². The summed E-state index contributed by atoms with van der Waals surface area (Å²) in [5.41, 5.74) is 5.01. The summed E-state index contributed by atoms with van der Waals surface area (Å²) in [5.74, 6) is 2.49. The van der Waals surface area contributed by atoms with Crippen LogP contribution in [0.2, 0.25) is 0 Å². The van der Waals surface area contributed by atoms with Crippen LogP contribution < -0.4 is 19.5 Å². The highest BCUT2D eigenvalue weighted by Gasteiger charge is 2.24. The molecule has 1 atom stereocenters. The molecule has 0 spiro atoms. The number of hydrogen-bond acceptors (Lipinski definition) is 5. The van der Waals surface area contributed by atoms with Crippen molar-refractivity contribution in [3.8, 4) is 17.2 Å². The van der Waals surface area contributed by atoms with E-state index in [-0.39, 0.29) is 6.04 Å². The highest BCUT2D eigenvalue weighted by Crippen LogP contribution is 2.38. The molecular weight excluding hydrogens is 412 g/mol. The third-order valence-electron chi connectivity index (χ3n) is 5.97. The molecule has 1 N–H and O–H groups in total. The van der Waals surface area contributed by atoms with Crippen LogP contribution in [0.5, 0.6) is 17.2 Å². The number of fused-ring (bicyclic) bond motifs is 1. The molecule has 174 valence electrons. The van der Waals surface area contributed by atoms with E-state index in [1.165, 1.54) is 22.3 Å². The van der Waals surface area contributed by atoms with Crippen LogP contribution in [0.25, 0.3) is 0 Å². The molecular formula is C28H34N2O3. The summed E-state index contributed by atoms with van der Waals surface area (Å²) in [6.45, 7) is 3.04. The predicted molar refractivity (Wildman–Crippen MR) is 133 cm³/mol. The second-order valence-corrected chi connectivity index (χ2v) is 8.65. The second-order valence-electron chi connectivity index (χ2n) is 8.65. The number of nitrogens with zero attached hydrogens (tertiary/aromatic N) is 1. The summed E-state index contributed by atoms with van der Waals surface area (Å²) in [5, 5.41) is 3.68. The van der Waals surface area contributed by atoms with E-state index in [1.807, 2.05) is 26.2 Å². The van der Waals surface area contributed by atoms with Gasteiger partial charge >= 0.3 is 0 Å². The maximum atomic E-state index is 6.09. The summed E-state index contributed by atoms with van der Waals surface area (Å²) in [6, 6.07) is 23.2. The molecule has 3 aromatic rings. The fourth-order valence-electron chi connectivity index (χ4n) is 4.19. The maximum absolute atomic E-state index is 6.09. The number of nitrogens with one attached hydrogen (secondary N) is 1. The van der Waals surface area contributed by atoms with E-state index in [1.54, 1.807) is 7.11 Å². The zero-order chi connectivity index (χ0) is 23.0. The van der Waals surface area contributed by atoms with Crippen LogP contribution in [-0.4, -0.2) is 52.4 Å². The topological polar surface area (TPSA) is 43.0 Å². The lowest BCUT2D eigenvalue weighted by Gasteiger charge is -2.29. The van der Waals surface area contributed by atoms with Gasteiger partial charge in [-0.3, -0.25) is 0 Å². The summed E-state index contributed by atoms with van der Waals surface area (Å²) < 4.78 is 17.8. The van der Waals surface area contributed by atoms with Gasteiger partial charge in [0.1, 0.15) is 12.4 Å². The Labute approximate surface area is 197 Å². The number of rotatable bonds is 10. The van der Waals surface area contributed by atoms with E-state index in [9.17, 15) is 0 Å². The minimum Gasteiger partial charge on any atom is -0.493 e. The molecule has 5 nitrogen and oxygen atoms in total. The number of methoxy groups -OCH3 is 1. The van der Waals surface area contributed by atoms with Crippen LogP contribution in [-0.2, 0) is 12.8 Å². The Bertz CT molecular complexity index is 1040. The summed E-state index contributed by atoms with van der Waals surface area (Å²) >= 11 is 0. The van der Waals surface area contributed by atoms with Crippen molar-refractivity contribution in [2.45, 2.75) is 18.9 Å². The molecule has 1 aliphatic heterocycles. The first-order chi connectivity index (χ1) is 16.1. The first kappa shape index (κ1) is 23.1. The van der Waals surface area contributed by atoms with Crippen molar-refractivity contribution in [2.24, 2.45) is 0 Å². The van der Waals surface area contributed by atoms with Gasteiger partial charge in [-0.25, -0.2) is 0 Å². The molecule has 0 saturated heterocycles. The first-order valence-corrected chi connectivity index (χ1v) is 11.6. The fourth-order valence-corrected chi connectivity index (χ4v) is 4.19. The van der Waals surface area contributed by atoms with Crippen molar-refractivity contribution in [1.29, 1.82) is 0 Å². The van der Waals surface area contributed by atoms with E-state index in [2.05, 4.69) is 64.8 Å². The van der Waals surface area contributed by atoms with Crippen LogP contribution in [0.4, 0.5) is 0 Å². The van der Waals surface area contributed by atoms with E-state index >= 15 is 0 Å². The summed E-state index contributed by atoms with van der Waals surface area (Å²) in [4.78, 5) is 2.11. The van der Waals surface area contributed by atoms with Crippen molar-refractivity contribution in [2.75, 3.05) is 47.5 Å². The smallest absolute Gasteiger partial charge is 0.161 e. The molecule has 0 fully saturated rings. The maximum Gasteiger partial charge on any atom is 0.161 e. The van der Waals surface area contributed by atoms with Gasteiger partial charge in [-0.05, 0) is 67.0 Å². The molecule has 5 heteroatoms. The van der Waals surface area contributed by atoms with E-state index < -0.39 is 0 Å². The molecule has 0 aromatic heterocycles. The molecule has 33 heavy (non-hydrogen) atoms. The lowest BCUT2D eigenvalue weighted by atomic mass is 9.89. The molecule has 0 aliphatic carbocycles. The quantitative estimate of drug-likeness (QED) is 0.497. The van der Waals surface area contributed by atoms with Gasteiger partial charge in [0.15, 0.2) is 11.5 Å². The van der Waals surface area contributed by atoms with Gasteiger partial charge in [-0.2, -0.15) is 0 Å². The van der Waals surface area contributed by atoms with Crippen molar-refractivity contribution in [3.05, 3.63) is 89.0 Å². The number of hydrogen-bond donors (Lipinski definition) is 1. The van der Waals surface area contributed by atoms with Gasteiger partial charge in [0.05, 0.1) is 19.8 Å². The van der Waals surface area contributed by atoms with Gasteiger partial charge < -0.3 is 24.4 Å². The lowest BCUT2D eigenvalue weighted by Crippen LogP contribution is -2.30. The molecule has 1 unspecified atom stereocenters. The average molecular weight is 447 g/mol. The average Bonchev–Trinajstić information content (AvgIpc) is 2.84. The molecule has 0 saturated carbocycles. The normalized spacial score (nSPS) is 15.2. The third kappa shape index (κ3) is 6.06. The standard InChI is InChI=1S/C28H34N2O3/c1-30(2)15-17-33-27-20-25-22(19-26(27)31-3)12-14-29-28(25)23-10-7-11-24(18-23)32-16-13-21-8-5-4-6-9-21/h4-11,18-20,28-29H,12-17H2,1-3H3. The summed E-state index contributed by atoms with van der Waals surface area (Å²) in [7, 11) is 5.79. The Morgan fingerprint density at radius 2 is 1.76 bits per heavy atom. The lowest BCUT2D eigenvalue weighted by molar-refractivity contribution is 0.250. The Hall–Kier alpha value is -3.02. The van der Waals surface area contributed by atoms with E-state index in [0.29, 0.717) is 13.2 Å². The predicted octanol–water partition coefficient (Wildman–Crippen LogP) is 4.49. The number of likely N-dealkylation sites (N-methyl/N-ethyl adjacent to an activating group) is 1. The highest BCUT2D eigenvalue weighted by molar-refractivity contribution is 5.52. The van der Waals surface area contributed by atoms with E-state index in [4.69, 9.17) is 14.2 Å². The Kier molecular flexibility index (Phi) is 7.87. The third-order valence-corrected chi connectivity index (χ3v) is 5.97. The molecule has 3 aromatic carbocycles. The van der Waals surface area contributed by atoms with Crippen LogP contribution >= 0.6 is 0 Å². The highest BCUT2D eigenvalue weighted by atomic mass is 16.5. The Balaban J connectivity index is 1.51. The zero-order valence-corrected chi connectivity index (χ0v) is 19.8. The van der Waals surface area contributed by atoms with Crippen LogP contribution in [0, 0.1) is 0 Å². The molecule has 0 radical (unpaired) electrons. The molecule has 1 heterocycles. The molecule has 0 amide bonds. The first-order valence-electron chi connectivity index (χ1n) is 11.6. The van der Waals surface area contributed by atoms with Gasteiger partial charge in [-0.1, -0.05) is 42.5 Å². The van der Waals surface area contributed by atoms with Crippen LogP contribution in [0.15, 0.2) is 66.7 Å². The molecule has 0 bridgehead atoms. The minimum absolute atomic E-state index is 0.0912. The molecule has 4 rings (SSSR count). The van der Waals surface area contributed by atoms with E-state index in [0.717, 1.165) is 43.2 Å². The van der Waals surface area contributed by atoms with Gasteiger partial charge in [0.25, 0.3) is 0 Å². The van der Waals surface area contributed by atoms with Crippen molar-refractivity contribution >= 4 is 0 Å². The van der Waals surface area contributed by atoms with Crippen LogP contribution in [0.3, 0.4) is 0 Å². The number of benzene rings is 3. The van der Waals surface area contributed by atoms with Crippen molar-refractivity contribution in [1.82, 2.24) is 10.2 Å². The summed E-state index contributed by atoms with van der Waals surface area (Å²) in [6.07, 6.45) is 1.86. The Morgan fingerprint density at radius 3 is 2.55 bits per heavy atom. The van der Waals surface area contributed by atoms with Crippen molar-refractivity contribution < 1.29 is 14.2 Å².